The highest BCUT2D eigenvalue weighted by Crippen LogP contribution is 2.14. The third-order valence-electron chi connectivity index (χ3n) is 1.86. The summed E-state index contributed by atoms with van der Waals surface area (Å²) >= 11 is 0. The quantitative estimate of drug-likeness (QED) is 0.583. The average Bonchev–Trinajstić information content (AvgIpc) is 2.14. The van der Waals surface area contributed by atoms with E-state index in [4.69, 9.17) is 0 Å². The molecule has 1 nitrogen and oxygen atoms in total. The molecule has 0 fully saturated rings. The molecule has 0 heterocycles. The van der Waals surface area contributed by atoms with Crippen molar-refractivity contribution in [1.29, 1.82) is 0 Å². The Balaban J connectivity index is 2.57. The van der Waals surface area contributed by atoms with Crippen molar-refractivity contribution in [3.8, 4) is 0 Å². The van der Waals surface area contributed by atoms with Gasteiger partial charge in [0, 0.05) is 12.7 Å². The summed E-state index contributed by atoms with van der Waals surface area (Å²) in [7, 11) is 1.96. The van der Waals surface area contributed by atoms with Crippen LogP contribution in [-0.4, -0.2) is 7.05 Å². The van der Waals surface area contributed by atoms with Crippen LogP contribution in [0.4, 0.5) is 0 Å². The van der Waals surface area contributed by atoms with Crippen LogP contribution in [0.25, 0.3) is 0 Å². The van der Waals surface area contributed by atoms with Crippen LogP contribution in [0, 0.1) is 5.92 Å². The summed E-state index contributed by atoms with van der Waals surface area (Å²) in [4.78, 5) is 0. The molecule has 0 bridgehead atoms. The maximum absolute atomic E-state index is 3.14. The second kappa shape index (κ2) is 3.45. The van der Waals surface area contributed by atoms with Gasteiger partial charge in [0.25, 0.3) is 0 Å². The van der Waals surface area contributed by atoms with E-state index < -0.39 is 0 Å². The zero-order valence-corrected chi connectivity index (χ0v) is 6.72. The van der Waals surface area contributed by atoms with Crippen molar-refractivity contribution in [1.82, 2.24) is 5.32 Å². The highest BCUT2D eigenvalue weighted by atomic mass is 14.8. The fourth-order valence-corrected chi connectivity index (χ4v) is 1.11. The second-order valence-electron chi connectivity index (χ2n) is 2.89. The molecule has 56 valence electrons. The molecule has 1 unspecified atom stereocenters. The Kier molecular flexibility index (Phi) is 2.55. The molecule has 0 aromatic carbocycles. The summed E-state index contributed by atoms with van der Waals surface area (Å²) in [6.45, 7) is 2.28. The first-order chi connectivity index (χ1) is 4.83. The third-order valence-corrected chi connectivity index (χ3v) is 1.86. The predicted molar refractivity (Wildman–Crippen MR) is 44.7 cm³/mol. The van der Waals surface area contributed by atoms with Crippen molar-refractivity contribution >= 4 is 0 Å². The van der Waals surface area contributed by atoms with Crippen molar-refractivity contribution in [2.24, 2.45) is 5.92 Å². The van der Waals surface area contributed by atoms with E-state index in [0.29, 0.717) is 0 Å². The highest BCUT2D eigenvalue weighted by molar-refractivity contribution is 5.18. The Morgan fingerprint density at radius 1 is 1.50 bits per heavy atom. The highest BCUT2D eigenvalue weighted by Gasteiger charge is 2.00. The van der Waals surface area contributed by atoms with Gasteiger partial charge in [0.2, 0.25) is 0 Å². The lowest BCUT2D eigenvalue weighted by atomic mass is 10.1. The third kappa shape index (κ3) is 1.90. The first-order valence-electron chi connectivity index (χ1n) is 3.87. The van der Waals surface area contributed by atoms with Crippen LogP contribution in [0.1, 0.15) is 19.8 Å². The molecule has 10 heavy (non-hydrogen) atoms. The van der Waals surface area contributed by atoms with Crippen LogP contribution in [0.5, 0.6) is 0 Å². The number of rotatable bonds is 1. The summed E-state index contributed by atoms with van der Waals surface area (Å²) < 4.78 is 0. The molecule has 1 aliphatic rings. The molecule has 0 amide bonds. The van der Waals surface area contributed by atoms with Gasteiger partial charge < -0.3 is 5.32 Å². The first-order valence-corrected chi connectivity index (χ1v) is 3.87. The SMILES string of the molecule is CNC1=CCC(C)CC=C1. The number of allylic oxidation sites excluding steroid dienone is 3. The number of hydrogen-bond donors (Lipinski definition) is 1. The minimum absolute atomic E-state index is 0.807. The molecule has 0 aliphatic heterocycles. The molecule has 0 spiro atoms. The molecule has 0 aromatic heterocycles. The van der Waals surface area contributed by atoms with Gasteiger partial charge in [-0.15, -0.1) is 0 Å². The van der Waals surface area contributed by atoms with Crippen molar-refractivity contribution in [2.75, 3.05) is 7.05 Å². The molecule has 0 saturated carbocycles. The average molecular weight is 137 g/mol. The molecule has 1 atom stereocenters. The zero-order chi connectivity index (χ0) is 7.40. The van der Waals surface area contributed by atoms with Gasteiger partial charge in [0.15, 0.2) is 0 Å². The van der Waals surface area contributed by atoms with Gasteiger partial charge in [0.1, 0.15) is 0 Å². The largest absolute Gasteiger partial charge is 0.388 e. The van der Waals surface area contributed by atoms with Crippen molar-refractivity contribution in [2.45, 2.75) is 19.8 Å². The van der Waals surface area contributed by atoms with Crippen LogP contribution < -0.4 is 5.32 Å². The lowest BCUT2D eigenvalue weighted by Crippen LogP contribution is -2.02. The van der Waals surface area contributed by atoms with Gasteiger partial charge in [0.05, 0.1) is 0 Å². The summed E-state index contributed by atoms with van der Waals surface area (Å²) in [5.74, 6) is 0.807. The Labute approximate surface area is 62.8 Å². The minimum atomic E-state index is 0.807. The van der Waals surface area contributed by atoms with E-state index in [-0.39, 0.29) is 0 Å². The zero-order valence-electron chi connectivity index (χ0n) is 6.72. The van der Waals surface area contributed by atoms with E-state index in [2.05, 4.69) is 30.5 Å². The summed E-state index contributed by atoms with van der Waals surface area (Å²) in [5, 5.41) is 3.14. The van der Waals surface area contributed by atoms with E-state index in [9.17, 15) is 0 Å². The lowest BCUT2D eigenvalue weighted by Gasteiger charge is -2.01. The van der Waals surface area contributed by atoms with E-state index in [1.165, 1.54) is 18.5 Å². The maximum Gasteiger partial charge on any atom is 0.0293 e. The van der Waals surface area contributed by atoms with Crippen LogP contribution in [0.3, 0.4) is 0 Å². The van der Waals surface area contributed by atoms with Crippen LogP contribution in [0.2, 0.25) is 0 Å². The molecule has 1 N–H and O–H groups in total. The van der Waals surface area contributed by atoms with Crippen LogP contribution >= 0.6 is 0 Å². The van der Waals surface area contributed by atoms with E-state index >= 15 is 0 Å². The van der Waals surface area contributed by atoms with Gasteiger partial charge in [-0.25, -0.2) is 0 Å². The summed E-state index contributed by atoms with van der Waals surface area (Å²) in [5.41, 5.74) is 1.25. The molecule has 0 saturated heterocycles. The molecular formula is C9H15N. The van der Waals surface area contributed by atoms with Gasteiger partial charge in [-0.2, -0.15) is 0 Å². The van der Waals surface area contributed by atoms with Crippen LogP contribution in [0.15, 0.2) is 23.9 Å². The Hall–Kier alpha value is -0.720. The van der Waals surface area contributed by atoms with Gasteiger partial charge in [-0.05, 0) is 24.8 Å². The van der Waals surface area contributed by atoms with E-state index in [1.54, 1.807) is 0 Å². The van der Waals surface area contributed by atoms with Crippen molar-refractivity contribution in [3.05, 3.63) is 23.9 Å². The summed E-state index contributed by atoms with van der Waals surface area (Å²) in [6.07, 6.45) is 9.06. The fourth-order valence-electron chi connectivity index (χ4n) is 1.11. The smallest absolute Gasteiger partial charge is 0.0293 e. The maximum atomic E-state index is 3.14. The number of likely N-dealkylation sites (N-methyl/N-ethyl adjacent to an activating group) is 1. The molecule has 0 aromatic rings. The van der Waals surface area contributed by atoms with Crippen LogP contribution in [-0.2, 0) is 0 Å². The molecule has 0 radical (unpaired) electrons. The lowest BCUT2D eigenvalue weighted by molar-refractivity contribution is 0.605. The number of nitrogens with one attached hydrogen (secondary N) is 1. The topological polar surface area (TPSA) is 12.0 Å². The standard InChI is InChI=1S/C9H15N/c1-8-4-3-5-9(10-2)7-6-8/h3,5,7-8,10H,4,6H2,1-2H3. The van der Waals surface area contributed by atoms with Gasteiger partial charge in [-0.3, -0.25) is 0 Å². The normalized spacial score (nSPS) is 25.4. The minimum Gasteiger partial charge on any atom is -0.388 e. The fraction of sp³-hybridized carbons (Fsp3) is 0.556. The second-order valence-corrected chi connectivity index (χ2v) is 2.89. The predicted octanol–water partition coefficient (Wildman–Crippen LogP) is 2.08. The van der Waals surface area contributed by atoms with Crippen molar-refractivity contribution < 1.29 is 0 Å². The number of hydrogen-bond acceptors (Lipinski definition) is 1. The Morgan fingerprint density at radius 2 is 2.30 bits per heavy atom. The Morgan fingerprint density at radius 3 is 3.00 bits per heavy atom. The molecule has 1 aliphatic carbocycles. The monoisotopic (exact) mass is 137 g/mol. The molecular weight excluding hydrogens is 122 g/mol. The van der Waals surface area contributed by atoms with E-state index in [1.807, 2.05) is 7.05 Å². The molecule has 1 rings (SSSR count). The summed E-state index contributed by atoms with van der Waals surface area (Å²) in [6, 6.07) is 0. The first kappa shape index (κ1) is 7.39. The van der Waals surface area contributed by atoms with E-state index in [0.717, 1.165) is 5.92 Å². The van der Waals surface area contributed by atoms with Gasteiger partial charge in [-0.1, -0.05) is 19.1 Å². The van der Waals surface area contributed by atoms with Gasteiger partial charge >= 0.3 is 0 Å². The van der Waals surface area contributed by atoms with Crippen molar-refractivity contribution in [3.63, 3.8) is 0 Å². The Bertz CT molecular complexity index is 156. The molecule has 1 heteroatoms.